The van der Waals surface area contributed by atoms with Crippen LogP contribution in [0.2, 0.25) is 0 Å². The Kier molecular flexibility index (Phi) is 5.84. The summed E-state index contributed by atoms with van der Waals surface area (Å²) in [7, 11) is 0. The molecule has 0 aliphatic rings. The Hall–Kier alpha value is -1.54. The fourth-order valence-corrected chi connectivity index (χ4v) is 2.15. The number of carbonyl (C=O) groups is 1. The monoisotopic (exact) mass is 277 g/mol. The van der Waals surface area contributed by atoms with Crippen LogP contribution in [0.1, 0.15) is 31.9 Å². The van der Waals surface area contributed by atoms with Crippen molar-refractivity contribution in [2.24, 2.45) is 0 Å². The predicted molar refractivity (Wildman–Crippen MR) is 82.2 cm³/mol. The Bertz CT molecular complexity index is 491. The van der Waals surface area contributed by atoms with E-state index in [9.17, 15) is 4.79 Å². The molecule has 19 heavy (non-hydrogen) atoms. The Morgan fingerprint density at radius 1 is 1.47 bits per heavy atom. The van der Waals surface area contributed by atoms with E-state index < -0.39 is 5.37 Å². The van der Waals surface area contributed by atoms with E-state index in [4.69, 9.17) is 11.6 Å². The van der Waals surface area contributed by atoms with Crippen molar-refractivity contribution in [3.05, 3.63) is 54.1 Å². The maximum atomic E-state index is 11.4. The molecular formula is C16H20ClNO. The van der Waals surface area contributed by atoms with Crippen LogP contribution in [0.4, 0.5) is 4.79 Å². The third-order valence-corrected chi connectivity index (χ3v) is 3.21. The molecule has 0 aliphatic heterocycles. The number of carbonyl (C=O) groups excluding carboxylic acids is 1. The SMILES string of the molecule is C=CC(=CC)c1cccc(CN(C(=O)Cl)C(C)C)c1. The first-order valence-electron chi connectivity index (χ1n) is 6.33. The van der Waals surface area contributed by atoms with Crippen LogP contribution in [0.3, 0.4) is 0 Å². The van der Waals surface area contributed by atoms with Crippen molar-refractivity contribution < 1.29 is 4.79 Å². The highest BCUT2D eigenvalue weighted by Gasteiger charge is 2.15. The maximum absolute atomic E-state index is 11.4. The van der Waals surface area contributed by atoms with Crippen LogP contribution in [0.5, 0.6) is 0 Å². The highest BCUT2D eigenvalue weighted by molar-refractivity contribution is 6.62. The van der Waals surface area contributed by atoms with Crippen LogP contribution in [-0.2, 0) is 6.54 Å². The summed E-state index contributed by atoms with van der Waals surface area (Å²) in [6.45, 7) is 10.2. The van der Waals surface area contributed by atoms with Gasteiger partial charge in [-0.15, -0.1) is 0 Å². The predicted octanol–water partition coefficient (Wildman–Crippen LogP) is 4.85. The third kappa shape index (κ3) is 4.25. The summed E-state index contributed by atoms with van der Waals surface area (Å²) >= 11 is 5.61. The van der Waals surface area contributed by atoms with Gasteiger partial charge in [0.25, 0.3) is 0 Å². The first kappa shape index (κ1) is 15.5. The topological polar surface area (TPSA) is 20.3 Å². The van der Waals surface area contributed by atoms with E-state index >= 15 is 0 Å². The second-order valence-electron chi connectivity index (χ2n) is 4.62. The lowest BCUT2D eigenvalue weighted by atomic mass is 10.0. The third-order valence-electron chi connectivity index (χ3n) is 2.99. The van der Waals surface area contributed by atoms with Crippen molar-refractivity contribution >= 4 is 22.5 Å². The summed E-state index contributed by atoms with van der Waals surface area (Å²) in [5.74, 6) is 0. The number of amides is 1. The number of rotatable bonds is 5. The number of benzene rings is 1. The van der Waals surface area contributed by atoms with E-state index in [0.717, 1.165) is 16.7 Å². The molecule has 0 radical (unpaired) electrons. The lowest BCUT2D eigenvalue weighted by Crippen LogP contribution is -2.32. The van der Waals surface area contributed by atoms with E-state index in [1.54, 1.807) is 4.90 Å². The second kappa shape index (κ2) is 7.15. The maximum Gasteiger partial charge on any atom is 0.316 e. The van der Waals surface area contributed by atoms with Crippen LogP contribution in [-0.4, -0.2) is 16.3 Å². The largest absolute Gasteiger partial charge is 0.322 e. The number of halogens is 1. The van der Waals surface area contributed by atoms with Gasteiger partial charge < -0.3 is 4.90 Å². The molecule has 1 amide bonds. The van der Waals surface area contributed by atoms with Crippen molar-refractivity contribution in [1.82, 2.24) is 4.90 Å². The van der Waals surface area contributed by atoms with E-state index in [2.05, 4.69) is 12.6 Å². The molecule has 0 aliphatic carbocycles. The summed E-state index contributed by atoms with van der Waals surface area (Å²) < 4.78 is 0. The zero-order valence-corrected chi connectivity index (χ0v) is 12.4. The molecule has 0 heterocycles. The zero-order valence-electron chi connectivity index (χ0n) is 11.7. The zero-order chi connectivity index (χ0) is 14.4. The van der Waals surface area contributed by atoms with E-state index in [1.807, 2.05) is 51.1 Å². The number of hydrogen-bond acceptors (Lipinski definition) is 1. The highest BCUT2D eigenvalue weighted by Crippen LogP contribution is 2.19. The molecule has 0 unspecified atom stereocenters. The van der Waals surface area contributed by atoms with Gasteiger partial charge in [-0.25, -0.2) is 0 Å². The Morgan fingerprint density at radius 2 is 2.16 bits per heavy atom. The van der Waals surface area contributed by atoms with Gasteiger partial charge in [0.2, 0.25) is 0 Å². The van der Waals surface area contributed by atoms with Crippen molar-refractivity contribution in [2.45, 2.75) is 33.4 Å². The second-order valence-corrected chi connectivity index (χ2v) is 4.95. The van der Waals surface area contributed by atoms with Crippen molar-refractivity contribution in [1.29, 1.82) is 0 Å². The molecule has 2 nitrogen and oxygen atoms in total. The number of allylic oxidation sites excluding steroid dienone is 3. The molecule has 0 fully saturated rings. The van der Waals surface area contributed by atoms with Crippen LogP contribution in [0, 0.1) is 0 Å². The Labute approximate surface area is 120 Å². The molecule has 1 aromatic rings. The quantitative estimate of drug-likeness (QED) is 0.428. The van der Waals surface area contributed by atoms with Crippen molar-refractivity contribution in [3.8, 4) is 0 Å². The van der Waals surface area contributed by atoms with Gasteiger partial charge in [-0.1, -0.05) is 36.9 Å². The molecule has 0 saturated carbocycles. The number of nitrogens with zero attached hydrogens (tertiary/aromatic N) is 1. The molecule has 0 aromatic heterocycles. The summed E-state index contributed by atoms with van der Waals surface area (Å²) in [5.41, 5.74) is 3.23. The van der Waals surface area contributed by atoms with Crippen molar-refractivity contribution in [2.75, 3.05) is 0 Å². The first-order chi connectivity index (χ1) is 8.99. The van der Waals surface area contributed by atoms with Crippen LogP contribution in [0.25, 0.3) is 5.57 Å². The number of hydrogen-bond donors (Lipinski definition) is 0. The minimum atomic E-state index is -0.421. The van der Waals surface area contributed by atoms with E-state index in [0.29, 0.717) is 6.54 Å². The standard InChI is InChI=1S/C16H20ClNO/c1-5-14(6-2)15-9-7-8-13(10-15)11-18(12(3)4)16(17)19/h5-10,12H,1,11H2,2-4H3. The van der Waals surface area contributed by atoms with E-state index in [-0.39, 0.29) is 6.04 Å². The van der Waals surface area contributed by atoms with Crippen LogP contribution >= 0.6 is 11.6 Å². The molecule has 0 bridgehead atoms. The summed E-state index contributed by atoms with van der Waals surface area (Å²) in [6, 6.07) is 8.15. The van der Waals surface area contributed by atoms with Gasteiger partial charge in [-0.05, 0) is 55.1 Å². The minimum Gasteiger partial charge on any atom is -0.322 e. The minimum absolute atomic E-state index is 0.0780. The van der Waals surface area contributed by atoms with Gasteiger partial charge >= 0.3 is 5.37 Å². The molecule has 0 saturated heterocycles. The van der Waals surface area contributed by atoms with Gasteiger partial charge in [-0.2, -0.15) is 0 Å². The van der Waals surface area contributed by atoms with Gasteiger partial charge in [0.15, 0.2) is 0 Å². The molecule has 1 rings (SSSR count). The average Bonchev–Trinajstić information content (AvgIpc) is 2.37. The lowest BCUT2D eigenvalue weighted by Gasteiger charge is -2.24. The molecule has 0 N–H and O–H groups in total. The highest BCUT2D eigenvalue weighted by atomic mass is 35.5. The Morgan fingerprint density at radius 3 is 2.63 bits per heavy atom. The fourth-order valence-electron chi connectivity index (χ4n) is 1.90. The molecular weight excluding hydrogens is 258 g/mol. The molecule has 0 spiro atoms. The van der Waals surface area contributed by atoms with Gasteiger partial charge in [0, 0.05) is 12.6 Å². The molecule has 0 atom stereocenters. The van der Waals surface area contributed by atoms with Gasteiger partial charge in [0.1, 0.15) is 0 Å². The lowest BCUT2D eigenvalue weighted by molar-refractivity contribution is 0.204. The van der Waals surface area contributed by atoms with E-state index in [1.165, 1.54) is 0 Å². The smallest absolute Gasteiger partial charge is 0.316 e. The van der Waals surface area contributed by atoms with Crippen LogP contribution < -0.4 is 0 Å². The summed E-state index contributed by atoms with van der Waals surface area (Å²) in [6.07, 6.45) is 3.84. The summed E-state index contributed by atoms with van der Waals surface area (Å²) in [5, 5.41) is -0.421. The molecule has 3 heteroatoms. The van der Waals surface area contributed by atoms with Gasteiger partial charge in [0.05, 0.1) is 0 Å². The van der Waals surface area contributed by atoms with Crippen LogP contribution in [0.15, 0.2) is 43.0 Å². The molecule has 1 aromatic carbocycles. The average molecular weight is 278 g/mol. The Balaban J connectivity index is 3.00. The normalized spacial score (nSPS) is 11.5. The molecule has 102 valence electrons. The fraction of sp³-hybridized carbons (Fsp3) is 0.312. The van der Waals surface area contributed by atoms with Gasteiger partial charge in [-0.3, -0.25) is 4.79 Å². The summed E-state index contributed by atoms with van der Waals surface area (Å²) in [4.78, 5) is 13.0. The van der Waals surface area contributed by atoms with Crippen molar-refractivity contribution in [3.63, 3.8) is 0 Å². The first-order valence-corrected chi connectivity index (χ1v) is 6.71.